The molecule has 1 fully saturated rings. The Balaban J connectivity index is 1.91. The molecule has 8 heteroatoms. The Morgan fingerprint density at radius 2 is 2.04 bits per heavy atom. The minimum absolute atomic E-state index is 0.162. The van der Waals surface area contributed by atoms with Gasteiger partial charge in [0.1, 0.15) is 23.0 Å². The number of amides is 1. The van der Waals surface area contributed by atoms with Crippen LogP contribution in [0.5, 0.6) is 11.5 Å². The SMILES string of the molecule is COc1ccc(N=C2NC(=O)C(=Cc3c(F)cccc3Cl)S2)c(OC)c1. The Bertz CT molecular complexity index is 910. The van der Waals surface area contributed by atoms with Gasteiger partial charge in [-0.1, -0.05) is 17.7 Å². The second kappa shape index (κ2) is 7.80. The second-order valence-electron chi connectivity index (χ2n) is 5.15. The van der Waals surface area contributed by atoms with Gasteiger partial charge in [-0.15, -0.1) is 0 Å². The van der Waals surface area contributed by atoms with Crippen LogP contribution < -0.4 is 14.8 Å². The summed E-state index contributed by atoms with van der Waals surface area (Å²) in [6, 6.07) is 9.49. The van der Waals surface area contributed by atoms with Crippen LogP contribution in [0.25, 0.3) is 6.08 Å². The molecule has 1 saturated heterocycles. The number of benzene rings is 2. The summed E-state index contributed by atoms with van der Waals surface area (Å²) in [5, 5.41) is 3.23. The zero-order valence-electron chi connectivity index (χ0n) is 13.9. The van der Waals surface area contributed by atoms with Gasteiger partial charge in [-0.2, -0.15) is 0 Å². The van der Waals surface area contributed by atoms with Gasteiger partial charge in [0.2, 0.25) is 0 Å². The van der Waals surface area contributed by atoms with E-state index in [2.05, 4.69) is 10.3 Å². The number of rotatable bonds is 4. The largest absolute Gasteiger partial charge is 0.497 e. The molecule has 0 bridgehead atoms. The number of amidine groups is 1. The molecule has 2 aromatic carbocycles. The third kappa shape index (κ3) is 3.84. The van der Waals surface area contributed by atoms with Crippen LogP contribution in [0, 0.1) is 5.82 Å². The standard InChI is InChI=1S/C18H14ClFN2O3S/c1-24-10-6-7-14(15(8-10)25-2)21-18-22-17(23)16(26-18)9-11-12(19)4-3-5-13(11)20/h3-9H,1-2H3,(H,21,22,23). The minimum atomic E-state index is -0.499. The molecule has 0 aromatic heterocycles. The van der Waals surface area contributed by atoms with Crippen LogP contribution in [0.4, 0.5) is 10.1 Å². The minimum Gasteiger partial charge on any atom is -0.497 e. The molecule has 0 spiro atoms. The van der Waals surface area contributed by atoms with Gasteiger partial charge < -0.3 is 14.8 Å². The van der Waals surface area contributed by atoms with Crippen molar-refractivity contribution in [2.45, 2.75) is 0 Å². The number of hydrogen-bond donors (Lipinski definition) is 1. The number of thioether (sulfide) groups is 1. The molecule has 26 heavy (non-hydrogen) atoms. The Morgan fingerprint density at radius 1 is 1.23 bits per heavy atom. The predicted molar refractivity (Wildman–Crippen MR) is 102 cm³/mol. The van der Waals surface area contributed by atoms with Crippen LogP contribution in [-0.4, -0.2) is 25.3 Å². The highest BCUT2D eigenvalue weighted by Gasteiger charge is 2.25. The number of methoxy groups -OCH3 is 2. The number of ether oxygens (including phenoxy) is 2. The fourth-order valence-corrected chi connectivity index (χ4v) is 3.28. The van der Waals surface area contributed by atoms with Gasteiger partial charge in [0.05, 0.1) is 24.1 Å². The van der Waals surface area contributed by atoms with Gasteiger partial charge in [0.25, 0.3) is 5.91 Å². The number of carbonyl (C=O) groups excluding carboxylic acids is 1. The summed E-state index contributed by atoms with van der Waals surface area (Å²) in [6.07, 6.45) is 1.41. The molecule has 0 radical (unpaired) electrons. The lowest BCUT2D eigenvalue weighted by Crippen LogP contribution is -2.19. The van der Waals surface area contributed by atoms with Gasteiger partial charge in [-0.3, -0.25) is 4.79 Å². The molecule has 1 aliphatic rings. The first-order valence-electron chi connectivity index (χ1n) is 7.47. The van der Waals surface area contributed by atoms with Crippen molar-refractivity contribution in [3.05, 3.63) is 57.7 Å². The van der Waals surface area contributed by atoms with E-state index in [-0.39, 0.29) is 16.5 Å². The summed E-state index contributed by atoms with van der Waals surface area (Å²) in [6.45, 7) is 0. The monoisotopic (exact) mass is 392 g/mol. The Morgan fingerprint density at radius 3 is 2.73 bits per heavy atom. The van der Waals surface area contributed by atoms with E-state index in [0.29, 0.717) is 27.3 Å². The summed E-state index contributed by atoms with van der Waals surface area (Å²) in [5.41, 5.74) is 0.691. The number of aliphatic imine (C=N–C) groups is 1. The van der Waals surface area contributed by atoms with Crippen molar-refractivity contribution in [3.63, 3.8) is 0 Å². The van der Waals surface area contributed by atoms with Crippen LogP contribution >= 0.6 is 23.4 Å². The van der Waals surface area contributed by atoms with Gasteiger partial charge >= 0.3 is 0 Å². The molecule has 0 atom stereocenters. The van der Waals surface area contributed by atoms with E-state index in [9.17, 15) is 9.18 Å². The number of nitrogens with zero attached hydrogens (tertiary/aromatic N) is 1. The maximum atomic E-state index is 13.9. The van der Waals surface area contributed by atoms with Crippen LogP contribution in [0.15, 0.2) is 46.3 Å². The number of hydrogen-bond acceptors (Lipinski definition) is 5. The zero-order valence-corrected chi connectivity index (χ0v) is 15.5. The lowest BCUT2D eigenvalue weighted by molar-refractivity contribution is -0.115. The van der Waals surface area contributed by atoms with E-state index in [1.54, 1.807) is 31.4 Å². The van der Waals surface area contributed by atoms with Gasteiger partial charge in [0.15, 0.2) is 5.17 Å². The number of nitrogens with one attached hydrogen (secondary N) is 1. The van der Waals surface area contributed by atoms with E-state index in [4.69, 9.17) is 21.1 Å². The first kappa shape index (κ1) is 18.3. The molecule has 3 rings (SSSR count). The highest BCUT2D eigenvalue weighted by molar-refractivity contribution is 8.18. The molecule has 1 heterocycles. The quantitative estimate of drug-likeness (QED) is 0.784. The summed E-state index contributed by atoms with van der Waals surface area (Å²) < 4.78 is 24.3. The average Bonchev–Trinajstić information content (AvgIpc) is 2.97. The number of halogens is 2. The van der Waals surface area contributed by atoms with Gasteiger partial charge in [-0.25, -0.2) is 9.38 Å². The van der Waals surface area contributed by atoms with Crippen molar-refractivity contribution in [1.29, 1.82) is 0 Å². The lowest BCUT2D eigenvalue weighted by atomic mass is 10.2. The molecule has 0 saturated carbocycles. The smallest absolute Gasteiger partial charge is 0.264 e. The third-order valence-electron chi connectivity index (χ3n) is 3.53. The maximum absolute atomic E-state index is 13.9. The Kier molecular flexibility index (Phi) is 5.49. The molecular formula is C18H14ClFN2O3S. The molecule has 5 nitrogen and oxygen atoms in total. The van der Waals surface area contributed by atoms with Crippen molar-refractivity contribution >= 4 is 46.2 Å². The van der Waals surface area contributed by atoms with E-state index in [1.807, 2.05) is 0 Å². The fourth-order valence-electron chi connectivity index (χ4n) is 2.25. The number of carbonyl (C=O) groups is 1. The van der Waals surface area contributed by atoms with Gasteiger partial charge in [0, 0.05) is 11.6 Å². The van der Waals surface area contributed by atoms with Crippen LogP contribution in [0.1, 0.15) is 5.56 Å². The molecule has 1 aliphatic heterocycles. The lowest BCUT2D eigenvalue weighted by Gasteiger charge is -2.07. The first-order chi connectivity index (χ1) is 12.5. The van der Waals surface area contributed by atoms with Crippen molar-refractivity contribution in [2.24, 2.45) is 4.99 Å². The molecule has 1 amide bonds. The predicted octanol–water partition coefficient (Wildman–Crippen LogP) is 4.39. The maximum Gasteiger partial charge on any atom is 0.264 e. The van der Waals surface area contributed by atoms with E-state index >= 15 is 0 Å². The zero-order chi connectivity index (χ0) is 18.7. The molecule has 0 unspecified atom stereocenters. The molecule has 134 valence electrons. The third-order valence-corrected chi connectivity index (χ3v) is 4.77. The Labute approximate surface area is 158 Å². The molecular weight excluding hydrogens is 379 g/mol. The van der Waals surface area contributed by atoms with Gasteiger partial charge in [-0.05, 0) is 42.1 Å². The second-order valence-corrected chi connectivity index (χ2v) is 6.59. The summed E-state index contributed by atoms with van der Waals surface area (Å²) in [4.78, 5) is 16.8. The van der Waals surface area contributed by atoms with E-state index in [0.717, 1.165) is 11.8 Å². The van der Waals surface area contributed by atoms with Crippen molar-refractivity contribution in [3.8, 4) is 11.5 Å². The van der Waals surface area contributed by atoms with E-state index in [1.165, 1.54) is 25.3 Å². The molecule has 1 N–H and O–H groups in total. The fraction of sp³-hybridized carbons (Fsp3) is 0.111. The average molecular weight is 393 g/mol. The summed E-state index contributed by atoms with van der Waals surface area (Å²) in [5.74, 6) is 0.256. The first-order valence-corrected chi connectivity index (χ1v) is 8.67. The van der Waals surface area contributed by atoms with Crippen molar-refractivity contribution in [1.82, 2.24) is 5.32 Å². The molecule has 0 aliphatic carbocycles. The molecule has 2 aromatic rings. The van der Waals surface area contributed by atoms with Crippen molar-refractivity contribution in [2.75, 3.05) is 14.2 Å². The topological polar surface area (TPSA) is 59.9 Å². The Hall–Kier alpha value is -2.51. The normalized spacial score (nSPS) is 16.8. The highest BCUT2D eigenvalue weighted by atomic mass is 35.5. The van der Waals surface area contributed by atoms with Crippen molar-refractivity contribution < 1.29 is 18.7 Å². The summed E-state index contributed by atoms with van der Waals surface area (Å²) >= 11 is 7.10. The van der Waals surface area contributed by atoms with Crippen LogP contribution in [0.3, 0.4) is 0 Å². The highest BCUT2D eigenvalue weighted by Crippen LogP contribution is 2.35. The van der Waals surface area contributed by atoms with Crippen LogP contribution in [0.2, 0.25) is 5.02 Å². The van der Waals surface area contributed by atoms with Crippen LogP contribution in [-0.2, 0) is 4.79 Å². The van der Waals surface area contributed by atoms with E-state index < -0.39 is 5.82 Å². The summed E-state index contributed by atoms with van der Waals surface area (Å²) in [7, 11) is 3.07.